The molecule has 0 fully saturated rings. The molecule has 0 heterocycles. The van der Waals surface area contributed by atoms with Gasteiger partial charge >= 0.3 is 5.97 Å². The van der Waals surface area contributed by atoms with Crippen LogP contribution in [-0.4, -0.2) is 29.5 Å². The third-order valence-corrected chi connectivity index (χ3v) is 4.13. The van der Waals surface area contributed by atoms with Crippen LogP contribution in [0, 0.1) is 0 Å². The fraction of sp³-hybridized carbons (Fsp3) is 0.182. The number of amides is 2. The molecule has 2 aromatic rings. The van der Waals surface area contributed by atoms with Gasteiger partial charge in [0.25, 0.3) is 5.91 Å². The maximum absolute atomic E-state index is 12.6. The fourth-order valence-electron chi connectivity index (χ4n) is 2.49. The molecule has 0 bridgehead atoms. The zero-order valence-electron chi connectivity index (χ0n) is 16.7. The molecule has 3 N–H and O–H groups in total. The van der Waals surface area contributed by atoms with E-state index in [1.807, 2.05) is 37.3 Å². The van der Waals surface area contributed by atoms with Gasteiger partial charge in [-0.05, 0) is 49.8 Å². The smallest absolute Gasteiger partial charge is 0.330 e. The number of carbonyl (C=O) groups is 3. The number of hydrogen-bond donors (Lipinski definition) is 3. The molecule has 0 aliphatic carbocycles. The molecule has 0 radical (unpaired) electrons. The van der Waals surface area contributed by atoms with Gasteiger partial charge in [-0.25, -0.2) is 4.79 Å². The molecular formula is C22H23N3O4S. The number of esters is 1. The Morgan fingerprint density at radius 3 is 2.50 bits per heavy atom. The number of anilines is 1. The van der Waals surface area contributed by atoms with E-state index in [2.05, 4.69) is 16.0 Å². The average Bonchev–Trinajstić information content (AvgIpc) is 2.73. The lowest BCUT2D eigenvalue weighted by Gasteiger charge is -2.15. The van der Waals surface area contributed by atoms with Crippen LogP contribution in [0.1, 0.15) is 35.8 Å². The van der Waals surface area contributed by atoms with Crippen molar-refractivity contribution in [2.24, 2.45) is 0 Å². The second-order valence-corrected chi connectivity index (χ2v) is 6.62. The van der Waals surface area contributed by atoms with Gasteiger partial charge in [-0.3, -0.25) is 14.9 Å². The Labute approximate surface area is 180 Å². The lowest BCUT2D eigenvalue weighted by atomic mass is 10.1. The van der Waals surface area contributed by atoms with Crippen molar-refractivity contribution in [3.63, 3.8) is 0 Å². The molecule has 0 spiro atoms. The second-order valence-electron chi connectivity index (χ2n) is 6.22. The standard InChI is InChI=1S/C22H23N3O4S/c1-3-29-20(27)13-12-19(26)25-22(30)24-18-11-7-10-17(14-18)21(28)23-15(2)16-8-5-4-6-9-16/h4-15H,3H2,1-2H3,(H,23,28)(H2,24,25,26,30)/b13-12+. The number of hydrogen-bond acceptors (Lipinski definition) is 5. The Hall–Kier alpha value is -3.52. The number of nitrogens with one attached hydrogen (secondary N) is 3. The topological polar surface area (TPSA) is 96.5 Å². The minimum Gasteiger partial charge on any atom is -0.463 e. The molecule has 0 aliphatic heterocycles. The van der Waals surface area contributed by atoms with Crippen molar-refractivity contribution >= 4 is 40.8 Å². The van der Waals surface area contributed by atoms with Crippen LogP contribution in [0.4, 0.5) is 5.69 Å². The molecule has 0 aromatic heterocycles. The van der Waals surface area contributed by atoms with E-state index in [4.69, 9.17) is 17.0 Å². The first-order chi connectivity index (χ1) is 14.4. The van der Waals surface area contributed by atoms with Crippen molar-refractivity contribution in [3.8, 4) is 0 Å². The number of thiocarbonyl (C=S) groups is 1. The molecule has 1 atom stereocenters. The third kappa shape index (κ3) is 7.48. The molecule has 2 amide bonds. The summed E-state index contributed by atoms with van der Waals surface area (Å²) in [6.07, 6.45) is 2.04. The Bertz CT molecular complexity index is 944. The first-order valence-electron chi connectivity index (χ1n) is 9.31. The first kappa shape index (κ1) is 22.8. The lowest BCUT2D eigenvalue weighted by molar-refractivity contribution is -0.137. The van der Waals surface area contributed by atoms with Gasteiger partial charge < -0.3 is 15.4 Å². The minimum absolute atomic E-state index is 0.0312. The van der Waals surface area contributed by atoms with Crippen molar-refractivity contribution < 1.29 is 19.1 Å². The van der Waals surface area contributed by atoms with Crippen molar-refractivity contribution in [2.45, 2.75) is 19.9 Å². The SMILES string of the molecule is CCOC(=O)/C=C/C(=O)NC(=S)Nc1cccc(C(=O)NC(C)c2ccccc2)c1. The van der Waals surface area contributed by atoms with Crippen LogP contribution in [0.2, 0.25) is 0 Å². The van der Waals surface area contributed by atoms with E-state index in [-0.39, 0.29) is 23.7 Å². The fourth-order valence-corrected chi connectivity index (χ4v) is 2.71. The molecule has 0 saturated carbocycles. The predicted molar refractivity (Wildman–Crippen MR) is 119 cm³/mol. The van der Waals surface area contributed by atoms with E-state index in [9.17, 15) is 14.4 Å². The van der Waals surface area contributed by atoms with Crippen LogP contribution >= 0.6 is 12.2 Å². The van der Waals surface area contributed by atoms with Gasteiger partial charge in [0.2, 0.25) is 5.91 Å². The summed E-state index contributed by atoms with van der Waals surface area (Å²) in [4.78, 5) is 35.6. The number of ether oxygens (including phenoxy) is 1. The minimum atomic E-state index is -0.616. The highest BCUT2D eigenvalue weighted by molar-refractivity contribution is 7.80. The molecule has 8 heteroatoms. The zero-order valence-corrected chi connectivity index (χ0v) is 17.5. The van der Waals surface area contributed by atoms with E-state index < -0.39 is 11.9 Å². The summed E-state index contributed by atoms with van der Waals surface area (Å²) in [5, 5.41) is 8.22. The first-order valence-corrected chi connectivity index (χ1v) is 9.72. The molecule has 30 heavy (non-hydrogen) atoms. The van der Waals surface area contributed by atoms with Gasteiger partial charge in [0.05, 0.1) is 12.6 Å². The summed E-state index contributed by atoms with van der Waals surface area (Å²) in [6, 6.07) is 16.2. The van der Waals surface area contributed by atoms with Crippen molar-refractivity contribution in [1.29, 1.82) is 0 Å². The van der Waals surface area contributed by atoms with Crippen LogP contribution in [0.15, 0.2) is 66.7 Å². The number of carbonyl (C=O) groups excluding carboxylic acids is 3. The lowest BCUT2D eigenvalue weighted by Crippen LogP contribution is -2.33. The predicted octanol–water partition coefficient (Wildman–Crippen LogP) is 3.11. The van der Waals surface area contributed by atoms with Crippen molar-refractivity contribution in [1.82, 2.24) is 10.6 Å². The molecule has 7 nitrogen and oxygen atoms in total. The second kappa shape index (κ2) is 11.5. The Balaban J connectivity index is 1.93. The van der Waals surface area contributed by atoms with Crippen LogP contribution < -0.4 is 16.0 Å². The van der Waals surface area contributed by atoms with E-state index in [1.54, 1.807) is 31.2 Å². The van der Waals surface area contributed by atoms with Gasteiger partial charge in [-0.2, -0.15) is 0 Å². The van der Waals surface area contributed by atoms with Crippen LogP contribution in [0.25, 0.3) is 0 Å². The van der Waals surface area contributed by atoms with Crippen LogP contribution in [-0.2, 0) is 14.3 Å². The highest BCUT2D eigenvalue weighted by Gasteiger charge is 2.12. The average molecular weight is 426 g/mol. The van der Waals surface area contributed by atoms with Gasteiger partial charge in [-0.1, -0.05) is 36.4 Å². The molecule has 0 aliphatic rings. The summed E-state index contributed by atoms with van der Waals surface area (Å²) in [5.41, 5.74) is 1.98. The number of rotatable bonds is 7. The summed E-state index contributed by atoms with van der Waals surface area (Å²) < 4.78 is 4.69. The normalized spacial score (nSPS) is 11.4. The van der Waals surface area contributed by atoms with Gasteiger partial charge in [0.1, 0.15) is 0 Å². The summed E-state index contributed by atoms with van der Waals surface area (Å²) in [5.74, 6) is -1.43. The maximum atomic E-state index is 12.6. The summed E-state index contributed by atoms with van der Waals surface area (Å²) in [7, 11) is 0. The van der Waals surface area contributed by atoms with Gasteiger partial charge in [0, 0.05) is 23.4 Å². The molecule has 1 unspecified atom stereocenters. The van der Waals surface area contributed by atoms with Gasteiger partial charge in [0.15, 0.2) is 5.11 Å². The Morgan fingerprint density at radius 1 is 1.07 bits per heavy atom. The van der Waals surface area contributed by atoms with E-state index >= 15 is 0 Å². The van der Waals surface area contributed by atoms with Gasteiger partial charge in [-0.15, -0.1) is 0 Å². The molecule has 2 aromatic carbocycles. The van der Waals surface area contributed by atoms with Crippen molar-refractivity contribution in [3.05, 3.63) is 77.9 Å². The Morgan fingerprint density at radius 2 is 1.80 bits per heavy atom. The highest BCUT2D eigenvalue weighted by atomic mass is 32.1. The summed E-state index contributed by atoms with van der Waals surface area (Å²) >= 11 is 5.09. The zero-order chi connectivity index (χ0) is 21.9. The van der Waals surface area contributed by atoms with E-state index in [0.29, 0.717) is 11.3 Å². The molecule has 156 valence electrons. The quantitative estimate of drug-likeness (QED) is 0.358. The monoisotopic (exact) mass is 425 g/mol. The van der Waals surface area contributed by atoms with E-state index in [0.717, 1.165) is 17.7 Å². The van der Waals surface area contributed by atoms with Crippen LogP contribution in [0.3, 0.4) is 0 Å². The van der Waals surface area contributed by atoms with Crippen LogP contribution in [0.5, 0.6) is 0 Å². The third-order valence-electron chi connectivity index (χ3n) is 3.92. The number of benzene rings is 2. The largest absolute Gasteiger partial charge is 0.463 e. The maximum Gasteiger partial charge on any atom is 0.330 e. The molecule has 0 saturated heterocycles. The highest BCUT2D eigenvalue weighted by Crippen LogP contribution is 2.15. The Kier molecular flexibility index (Phi) is 8.71. The van der Waals surface area contributed by atoms with Crippen molar-refractivity contribution in [2.75, 3.05) is 11.9 Å². The van der Waals surface area contributed by atoms with E-state index in [1.165, 1.54) is 0 Å². The summed E-state index contributed by atoms with van der Waals surface area (Å²) in [6.45, 7) is 3.80. The molecule has 2 rings (SSSR count). The molecular weight excluding hydrogens is 402 g/mol.